The Labute approximate surface area is 160 Å². The summed E-state index contributed by atoms with van der Waals surface area (Å²) in [7, 11) is -3.01. The zero-order chi connectivity index (χ0) is 18.9. The molecule has 2 heterocycles. The van der Waals surface area contributed by atoms with Gasteiger partial charge in [-0.15, -0.1) is 0 Å². The van der Waals surface area contributed by atoms with Crippen molar-refractivity contribution < 1.29 is 13.2 Å². The zero-order valence-corrected chi connectivity index (χ0v) is 17.3. The van der Waals surface area contributed by atoms with E-state index in [0.29, 0.717) is 11.6 Å². The number of carbonyl (C=O) groups is 1. The zero-order valence-electron chi connectivity index (χ0n) is 15.7. The molecule has 1 aliphatic heterocycles. The fraction of sp³-hybridized carbons (Fsp3) is 0.722. The average molecular weight is 398 g/mol. The van der Waals surface area contributed by atoms with Crippen molar-refractivity contribution in [2.24, 2.45) is 0 Å². The minimum atomic E-state index is -3.01. The summed E-state index contributed by atoms with van der Waals surface area (Å²) < 4.78 is 23.8. The number of thioether (sulfide) groups is 1. The van der Waals surface area contributed by atoms with E-state index in [9.17, 15) is 13.2 Å². The van der Waals surface area contributed by atoms with Crippen molar-refractivity contribution in [3.05, 3.63) is 17.0 Å². The van der Waals surface area contributed by atoms with E-state index in [4.69, 9.17) is 0 Å². The van der Waals surface area contributed by atoms with Crippen LogP contribution in [-0.2, 0) is 14.6 Å². The molecule has 1 amide bonds. The summed E-state index contributed by atoms with van der Waals surface area (Å²) in [5.41, 5.74) is 2.94. The molecule has 0 bridgehead atoms. The molecule has 1 aromatic rings. The Balaban J connectivity index is 1.71. The quantitative estimate of drug-likeness (QED) is 0.561. The number of aromatic nitrogens is 2. The highest BCUT2D eigenvalue weighted by atomic mass is 32.2. The second-order valence-corrected chi connectivity index (χ2v) is 10.6. The van der Waals surface area contributed by atoms with Gasteiger partial charge in [-0.05, 0) is 45.6 Å². The summed E-state index contributed by atoms with van der Waals surface area (Å²) in [6, 6.07) is 0.0161. The first kappa shape index (κ1) is 19.6. The van der Waals surface area contributed by atoms with Crippen molar-refractivity contribution in [3.8, 4) is 0 Å². The number of hydrogen-bond acceptors (Lipinski definition) is 6. The second-order valence-electron chi connectivity index (χ2n) is 7.39. The number of rotatable bonds is 5. The van der Waals surface area contributed by atoms with Gasteiger partial charge in [0.15, 0.2) is 15.0 Å². The Morgan fingerprint density at radius 2 is 1.69 bits per heavy atom. The van der Waals surface area contributed by atoms with Gasteiger partial charge in [0.25, 0.3) is 0 Å². The van der Waals surface area contributed by atoms with E-state index in [2.05, 4.69) is 9.97 Å². The molecule has 0 radical (unpaired) electrons. The molecule has 3 rings (SSSR count). The molecule has 0 aromatic carbocycles. The number of sulfone groups is 1. The van der Waals surface area contributed by atoms with Gasteiger partial charge in [-0.2, -0.15) is 0 Å². The predicted octanol–water partition coefficient (Wildman–Crippen LogP) is 2.45. The third kappa shape index (κ3) is 4.39. The molecule has 26 heavy (non-hydrogen) atoms. The van der Waals surface area contributed by atoms with Crippen LogP contribution in [0.25, 0.3) is 0 Å². The summed E-state index contributed by atoms with van der Waals surface area (Å²) in [5.74, 6) is 0.582. The van der Waals surface area contributed by atoms with Crippen LogP contribution in [0, 0.1) is 20.8 Å². The number of amides is 1. The van der Waals surface area contributed by atoms with Crippen LogP contribution < -0.4 is 0 Å². The van der Waals surface area contributed by atoms with Gasteiger partial charge in [0.05, 0.1) is 17.3 Å². The first-order valence-electron chi connectivity index (χ1n) is 9.23. The highest BCUT2D eigenvalue weighted by Crippen LogP contribution is 2.30. The minimum absolute atomic E-state index is 0.0171. The molecule has 0 unspecified atom stereocenters. The number of aryl methyl sites for hydroxylation is 2. The van der Waals surface area contributed by atoms with Gasteiger partial charge in [0.1, 0.15) is 0 Å². The second kappa shape index (κ2) is 7.84. The lowest BCUT2D eigenvalue weighted by Gasteiger charge is -2.34. The van der Waals surface area contributed by atoms with Crippen LogP contribution in [0.15, 0.2) is 5.16 Å². The Hall–Kier alpha value is -1.15. The maximum atomic E-state index is 13.0. The van der Waals surface area contributed by atoms with Gasteiger partial charge < -0.3 is 4.90 Å². The summed E-state index contributed by atoms with van der Waals surface area (Å²) in [4.78, 5) is 23.8. The van der Waals surface area contributed by atoms with Gasteiger partial charge in [0, 0.05) is 23.5 Å². The van der Waals surface area contributed by atoms with E-state index in [1.807, 2.05) is 25.7 Å². The monoisotopic (exact) mass is 397 g/mol. The molecule has 1 aliphatic carbocycles. The summed E-state index contributed by atoms with van der Waals surface area (Å²) >= 11 is 1.35. The molecule has 2 fully saturated rings. The highest BCUT2D eigenvalue weighted by Gasteiger charge is 2.38. The fourth-order valence-electron chi connectivity index (χ4n) is 3.89. The fourth-order valence-corrected chi connectivity index (χ4v) is 6.41. The number of nitrogens with zero attached hydrogens (tertiary/aromatic N) is 3. The molecule has 1 saturated heterocycles. The van der Waals surface area contributed by atoms with Crippen LogP contribution >= 0.6 is 11.8 Å². The van der Waals surface area contributed by atoms with E-state index in [-0.39, 0.29) is 35.2 Å². The molecule has 0 N–H and O–H groups in total. The molecule has 0 spiro atoms. The lowest BCUT2D eigenvalue weighted by Crippen LogP contribution is -2.47. The number of hydrogen-bond donors (Lipinski definition) is 0. The van der Waals surface area contributed by atoms with Crippen molar-refractivity contribution in [1.82, 2.24) is 14.9 Å². The van der Waals surface area contributed by atoms with Crippen LogP contribution in [0.4, 0.5) is 0 Å². The van der Waals surface area contributed by atoms with Crippen molar-refractivity contribution in [2.45, 2.75) is 70.1 Å². The van der Waals surface area contributed by atoms with Crippen LogP contribution in [-0.4, -0.2) is 58.5 Å². The lowest BCUT2D eigenvalue weighted by atomic mass is 10.1. The maximum Gasteiger partial charge on any atom is 0.233 e. The third-order valence-corrected chi connectivity index (χ3v) is 8.13. The Morgan fingerprint density at radius 3 is 2.23 bits per heavy atom. The predicted molar refractivity (Wildman–Crippen MR) is 103 cm³/mol. The third-order valence-electron chi connectivity index (χ3n) is 5.54. The van der Waals surface area contributed by atoms with Crippen molar-refractivity contribution >= 4 is 27.5 Å². The molecule has 2 aliphatic rings. The van der Waals surface area contributed by atoms with E-state index < -0.39 is 9.84 Å². The molecular weight excluding hydrogens is 370 g/mol. The van der Waals surface area contributed by atoms with Crippen molar-refractivity contribution in [3.63, 3.8) is 0 Å². The Kier molecular flexibility index (Phi) is 5.91. The van der Waals surface area contributed by atoms with Gasteiger partial charge in [0.2, 0.25) is 5.91 Å². The topological polar surface area (TPSA) is 80.2 Å². The normalized spacial score (nSPS) is 22.7. The van der Waals surface area contributed by atoms with E-state index in [1.165, 1.54) is 11.8 Å². The lowest BCUT2D eigenvalue weighted by molar-refractivity contribution is -0.132. The first-order chi connectivity index (χ1) is 12.3. The van der Waals surface area contributed by atoms with Crippen molar-refractivity contribution in [2.75, 3.05) is 17.3 Å². The average Bonchev–Trinajstić information content (AvgIpc) is 3.21. The highest BCUT2D eigenvalue weighted by molar-refractivity contribution is 7.99. The van der Waals surface area contributed by atoms with Gasteiger partial charge in [-0.3, -0.25) is 4.79 Å². The van der Waals surface area contributed by atoms with Crippen LogP contribution in [0.3, 0.4) is 0 Å². The van der Waals surface area contributed by atoms with Gasteiger partial charge >= 0.3 is 0 Å². The summed E-state index contributed by atoms with van der Waals surface area (Å²) in [5, 5.41) is 0.615. The first-order valence-corrected chi connectivity index (χ1v) is 12.0. The molecule has 144 valence electrons. The minimum Gasteiger partial charge on any atom is -0.335 e. The van der Waals surface area contributed by atoms with E-state index in [1.54, 1.807) is 0 Å². The van der Waals surface area contributed by atoms with Gasteiger partial charge in [-0.1, -0.05) is 24.6 Å². The Morgan fingerprint density at radius 1 is 1.08 bits per heavy atom. The maximum absolute atomic E-state index is 13.0. The molecule has 1 atom stereocenters. The molecular formula is C18H27N3O3S2. The largest absolute Gasteiger partial charge is 0.335 e. The van der Waals surface area contributed by atoms with E-state index >= 15 is 0 Å². The molecule has 1 aromatic heterocycles. The molecule has 6 nitrogen and oxygen atoms in total. The smallest absolute Gasteiger partial charge is 0.233 e. The van der Waals surface area contributed by atoms with E-state index in [0.717, 1.165) is 42.6 Å². The molecule has 8 heteroatoms. The number of carbonyl (C=O) groups excluding carboxylic acids is 1. The Bertz CT molecular complexity index is 766. The standard InChI is InChI=1S/C18H27N3O3S2/c1-12-13(2)19-18(20-14(12)3)25-10-17(22)21(15-6-4-5-7-15)16-8-9-26(23,24)11-16/h15-16H,4-11H2,1-3H3/t16-/m1/s1. The SMILES string of the molecule is Cc1nc(SCC(=O)N(C2CCCC2)[C@@H]2CCS(=O)(=O)C2)nc(C)c1C. The summed E-state index contributed by atoms with van der Waals surface area (Å²) in [6.07, 6.45) is 4.74. The summed E-state index contributed by atoms with van der Waals surface area (Å²) in [6.45, 7) is 5.89. The van der Waals surface area contributed by atoms with Crippen LogP contribution in [0.5, 0.6) is 0 Å². The van der Waals surface area contributed by atoms with Crippen LogP contribution in [0.1, 0.15) is 49.1 Å². The van der Waals surface area contributed by atoms with Gasteiger partial charge in [-0.25, -0.2) is 18.4 Å². The van der Waals surface area contributed by atoms with Crippen molar-refractivity contribution in [1.29, 1.82) is 0 Å². The molecule has 1 saturated carbocycles. The van der Waals surface area contributed by atoms with Crippen LogP contribution in [0.2, 0.25) is 0 Å².